The van der Waals surface area contributed by atoms with Crippen LogP contribution in [0.15, 0.2) is 106 Å². The molecule has 0 saturated carbocycles. The Bertz CT molecular complexity index is 1010. The van der Waals surface area contributed by atoms with Crippen LogP contribution >= 0.6 is 0 Å². The summed E-state index contributed by atoms with van der Waals surface area (Å²) in [5, 5.41) is 19.0. The molecular formula is C23H17BF4N2S. The summed E-state index contributed by atoms with van der Waals surface area (Å²) in [7, 11) is -6.27. The normalized spacial score (nSPS) is 10.3. The molecule has 0 spiro atoms. The number of allylic oxidation sites excluding steroid dienone is 1. The summed E-state index contributed by atoms with van der Waals surface area (Å²) in [5.41, 5.74) is 1.90. The molecule has 0 aromatic heterocycles. The molecule has 0 radical (unpaired) electrons. The zero-order valence-corrected chi connectivity index (χ0v) is 17.1. The second kappa shape index (κ2) is 11.6. The van der Waals surface area contributed by atoms with Crippen molar-refractivity contribution >= 4 is 23.7 Å². The van der Waals surface area contributed by atoms with Crippen LogP contribution in [0, 0.1) is 22.7 Å². The SMILES string of the molecule is F[B-](F)(F)F.N#CC(C#N)=C(C[S+](c1ccccc1)c1ccccc1)c1ccccc1. The number of hydrogen-bond acceptors (Lipinski definition) is 2. The van der Waals surface area contributed by atoms with Crippen LogP contribution in [0.1, 0.15) is 5.56 Å². The Labute approximate surface area is 181 Å². The van der Waals surface area contributed by atoms with Crippen LogP contribution in [0.3, 0.4) is 0 Å². The topological polar surface area (TPSA) is 47.6 Å². The number of halogens is 4. The first-order valence-electron chi connectivity index (χ1n) is 9.10. The van der Waals surface area contributed by atoms with E-state index in [-0.39, 0.29) is 16.5 Å². The number of hydrogen-bond donors (Lipinski definition) is 0. The third-order valence-corrected chi connectivity index (χ3v) is 6.25. The molecule has 8 heteroatoms. The van der Waals surface area contributed by atoms with E-state index in [2.05, 4.69) is 36.4 Å². The monoisotopic (exact) mass is 440 g/mol. The van der Waals surface area contributed by atoms with E-state index in [1.807, 2.05) is 66.7 Å². The molecule has 0 aliphatic rings. The summed E-state index contributed by atoms with van der Waals surface area (Å²) in [6.45, 7) is 0. The molecule has 2 nitrogen and oxygen atoms in total. The maximum atomic E-state index is 9.75. The van der Waals surface area contributed by atoms with E-state index in [1.165, 1.54) is 9.79 Å². The molecule has 0 N–H and O–H groups in total. The van der Waals surface area contributed by atoms with Crippen molar-refractivity contribution in [3.8, 4) is 12.1 Å². The zero-order valence-electron chi connectivity index (χ0n) is 16.3. The lowest BCUT2D eigenvalue weighted by atomic mass is 10.0. The average Bonchev–Trinajstić information content (AvgIpc) is 2.77. The van der Waals surface area contributed by atoms with E-state index in [0.29, 0.717) is 5.75 Å². The lowest BCUT2D eigenvalue weighted by Crippen LogP contribution is -2.11. The van der Waals surface area contributed by atoms with E-state index >= 15 is 0 Å². The maximum absolute atomic E-state index is 9.75. The lowest BCUT2D eigenvalue weighted by molar-refractivity contribution is 0.368. The van der Waals surface area contributed by atoms with Crippen molar-refractivity contribution in [3.05, 3.63) is 102 Å². The average molecular weight is 440 g/mol. The van der Waals surface area contributed by atoms with Gasteiger partial charge in [-0.2, -0.15) is 10.5 Å². The molecule has 3 rings (SSSR count). The van der Waals surface area contributed by atoms with Gasteiger partial charge in [-0.3, -0.25) is 0 Å². The predicted octanol–water partition coefficient (Wildman–Crippen LogP) is 6.52. The lowest BCUT2D eigenvalue weighted by Gasteiger charge is -2.11. The molecule has 3 aromatic rings. The largest absolute Gasteiger partial charge is 0.673 e. The minimum absolute atomic E-state index is 0.181. The fraction of sp³-hybridized carbons (Fsp3) is 0.0435. The van der Waals surface area contributed by atoms with Gasteiger partial charge in [-0.25, -0.2) is 0 Å². The Kier molecular flexibility index (Phi) is 8.93. The van der Waals surface area contributed by atoms with E-state index in [0.717, 1.165) is 11.1 Å². The third-order valence-electron chi connectivity index (χ3n) is 3.99. The molecule has 31 heavy (non-hydrogen) atoms. The van der Waals surface area contributed by atoms with Gasteiger partial charge in [0.25, 0.3) is 0 Å². The van der Waals surface area contributed by atoms with Gasteiger partial charge < -0.3 is 17.3 Å². The highest BCUT2D eigenvalue weighted by Crippen LogP contribution is 2.30. The van der Waals surface area contributed by atoms with Crippen LogP contribution in [-0.4, -0.2) is 13.0 Å². The van der Waals surface area contributed by atoms with Gasteiger partial charge in [0.2, 0.25) is 0 Å². The molecule has 0 aliphatic heterocycles. The van der Waals surface area contributed by atoms with Gasteiger partial charge in [0.1, 0.15) is 23.5 Å². The molecule has 0 aliphatic carbocycles. The molecule has 0 atom stereocenters. The minimum atomic E-state index is -6.00. The Morgan fingerprint density at radius 3 is 1.39 bits per heavy atom. The number of rotatable bonds is 5. The van der Waals surface area contributed by atoms with Gasteiger partial charge in [0, 0.05) is 5.57 Å². The van der Waals surface area contributed by atoms with Crippen LogP contribution in [0.5, 0.6) is 0 Å². The number of nitrogens with zero attached hydrogens (tertiary/aromatic N) is 2. The Hall–Kier alpha value is -3.49. The molecular weight excluding hydrogens is 423 g/mol. The van der Waals surface area contributed by atoms with Gasteiger partial charge in [0.15, 0.2) is 9.79 Å². The number of nitriles is 2. The van der Waals surface area contributed by atoms with Gasteiger partial charge >= 0.3 is 7.25 Å². The van der Waals surface area contributed by atoms with Gasteiger partial charge in [-0.1, -0.05) is 66.7 Å². The predicted molar refractivity (Wildman–Crippen MR) is 116 cm³/mol. The van der Waals surface area contributed by atoms with Crippen molar-refractivity contribution in [1.29, 1.82) is 10.5 Å². The molecule has 3 aromatic carbocycles. The molecule has 0 saturated heterocycles. The standard InChI is InChI=1S/C23H17N2S.BF4/c24-16-20(17-25)23(19-10-4-1-5-11-19)18-26(21-12-6-2-7-13-21)22-14-8-3-9-15-22;2-1(3,4)5/h1-15H,18H2;/q+1;-1. The number of benzene rings is 3. The highest BCUT2D eigenvalue weighted by atomic mass is 32.2. The van der Waals surface area contributed by atoms with Crippen LogP contribution in [0.4, 0.5) is 17.3 Å². The first-order valence-corrected chi connectivity index (χ1v) is 10.5. The van der Waals surface area contributed by atoms with Crippen molar-refractivity contribution in [1.82, 2.24) is 0 Å². The maximum Gasteiger partial charge on any atom is 0.673 e. The zero-order chi connectivity index (χ0) is 22.7. The Morgan fingerprint density at radius 1 is 0.677 bits per heavy atom. The van der Waals surface area contributed by atoms with Crippen molar-refractivity contribution in [2.45, 2.75) is 9.79 Å². The van der Waals surface area contributed by atoms with Gasteiger partial charge in [-0.15, -0.1) is 0 Å². The van der Waals surface area contributed by atoms with Crippen LogP contribution in [-0.2, 0) is 10.9 Å². The van der Waals surface area contributed by atoms with Crippen molar-refractivity contribution in [2.24, 2.45) is 0 Å². The fourth-order valence-electron chi connectivity index (χ4n) is 2.72. The molecule has 0 fully saturated rings. The van der Waals surface area contributed by atoms with E-state index in [9.17, 15) is 27.8 Å². The molecule has 0 bridgehead atoms. The highest BCUT2D eigenvalue weighted by Gasteiger charge is 2.28. The molecule has 156 valence electrons. The van der Waals surface area contributed by atoms with Crippen LogP contribution in [0.25, 0.3) is 5.57 Å². The first-order chi connectivity index (χ1) is 14.8. The Balaban J connectivity index is 0.000000614. The molecule has 0 amide bonds. The summed E-state index contributed by atoms with van der Waals surface area (Å²) in [4.78, 5) is 2.39. The van der Waals surface area contributed by atoms with Crippen LogP contribution < -0.4 is 0 Å². The summed E-state index contributed by atoms with van der Waals surface area (Å²) in [6.07, 6.45) is 0. The summed E-state index contributed by atoms with van der Waals surface area (Å²) in [6, 6.07) is 34.4. The summed E-state index contributed by atoms with van der Waals surface area (Å²) in [5.74, 6) is 0.620. The van der Waals surface area contributed by atoms with Gasteiger partial charge in [-0.05, 0) is 29.8 Å². The van der Waals surface area contributed by atoms with Crippen molar-refractivity contribution < 1.29 is 17.3 Å². The smallest absolute Gasteiger partial charge is 0.418 e. The summed E-state index contributed by atoms with van der Waals surface area (Å²) < 4.78 is 39.0. The second-order valence-corrected chi connectivity index (χ2v) is 8.11. The fourth-order valence-corrected chi connectivity index (χ4v) is 4.89. The van der Waals surface area contributed by atoms with Crippen LogP contribution in [0.2, 0.25) is 0 Å². The summed E-state index contributed by atoms with van der Waals surface area (Å²) >= 11 is 0. The second-order valence-electron chi connectivity index (χ2n) is 6.10. The van der Waals surface area contributed by atoms with E-state index in [1.54, 1.807) is 0 Å². The Morgan fingerprint density at radius 2 is 1.03 bits per heavy atom. The molecule has 0 unspecified atom stereocenters. The highest BCUT2D eigenvalue weighted by molar-refractivity contribution is 7.97. The molecule has 0 heterocycles. The van der Waals surface area contributed by atoms with E-state index < -0.39 is 7.25 Å². The van der Waals surface area contributed by atoms with Gasteiger partial charge in [0.05, 0.1) is 10.9 Å². The van der Waals surface area contributed by atoms with Crippen molar-refractivity contribution in [2.75, 3.05) is 5.75 Å². The quantitative estimate of drug-likeness (QED) is 0.196. The third kappa shape index (κ3) is 8.04. The van der Waals surface area contributed by atoms with E-state index in [4.69, 9.17) is 0 Å². The first kappa shape index (κ1) is 23.8. The minimum Gasteiger partial charge on any atom is -0.418 e. The van der Waals surface area contributed by atoms with Crippen molar-refractivity contribution in [3.63, 3.8) is 0 Å².